The minimum Gasteiger partial charge on any atom is -0.397 e. The van der Waals surface area contributed by atoms with Gasteiger partial charge in [0.05, 0.1) is 22.2 Å². The van der Waals surface area contributed by atoms with Crippen molar-refractivity contribution in [2.45, 2.75) is 23.1 Å². The highest BCUT2D eigenvalue weighted by Crippen LogP contribution is 2.22. The van der Waals surface area contributed by atoms with Crippen molar-refractivity contribution in [2.75, 3.05) is 18.6 Å². The van der Waals surface area contributed by atoms with Crippen molar-refractivity contribution in [3.8, 4) is 0 Å². The van der Waals surface area contributed by atoms with Gasteiger partial charge in [-0.25, -0.2) is 13.1 Å². The van der Waals surface area contributed by atoms with Gasteiger partial charge in [-0.1, -0.05) is 11.6 Å². The maximum Gasteiger partial charge on any atom is 0.240 e. The van der Waals surface area contributed by atoms with Crippen LogP contribution in [0.1, 0.15) is 6.92 Å². The van der Waals surface area contributed by atoms with Gasteiger partial charge in [0.2, 0.25) is 10.0 Å². The lowest BCUT2D eigenvalue weighted by Gasteiger charge is -2.21. The number of halogens is 1. The molecular formula is C11H17ClN2O3S2. The standard InChI is InChI=1S/C11H17ClN2O3S2/c1-7(11(6-15)18-2)14-19(16,17)8-3-4-9(12)10(13)5-8/h3-5,7,11,14-15H,6,13H2,1-2H3. The maximum atomic E-state index is 12.1. The number of benzene rings is 1. The molecule has 0 radical (unpaired) electrons. The van der Waals surface area contributed by atoms with Gasteiger partial charge in [-0.05, 0) is 31.4 Å². The van der Waals surface area contributed by atoms with Gasteiger partial charge in [-0.15, -0.1) is 0 Å². The molecule has 0 saturated heterocycles. The van der Waals surface area contributed by atoms with Gasteiger partial charge < -0.3 is 10.8 Å². The number of aliphatic hydroxyl groups is 1. The minimum atomic E-state index is -3.68. The summed E-state index contributed by atoms with van der Waals surface area (Å²) in [7, 11) is -3.68. The highest BCUT2D eigenvalue weighted by molar-refractivity contribution is 7.99. The number of thioether (sulfide) groups is 1. The van der Waals surface area contributed by atoms with E-state index < -0.39 is 16.1 Å². The highest BCUT2D eigenvalue weighted by Gasteiger charge is 2.23. The fourth-order valence-electron chi connectivity index (χ4n) is 1.51. The number of nitrogen functional groups attached to an aromatic ring is 1. The summed E-state index contributed by atoms with van der Waals surface area (Å²) in [5, 5.41) is 9.25. The zero-order chi connectivity index (χ0) is 14.6. The van der Waals surface area contributed by atoms with Crippen molar-refractivity contribution in [2.24, 2.45) is 0 Å². The highest BCUT2D eigenvalue weighted by atomic mass is 35.5. The minimum absolute atomic E-state index is 0.0547. The molecule has 2 atom stereocenters. The molecule has 4 N–H and O–H groups in total. The van der Waals surface area contributed by atoms with Crippen LogP contribution in [0, 0.1) is 0 Å². The zero-order valence-corrected chi connectivity index (χ0v) is 13.0. The smallest absolute Gasteiger partial charge is 0.240 e. The fourth-order valence-corrected chi connectivity index (χ4v) is 3.66. The number of nitrogens with two attached hydrogens (primary N) is 1. The van der Waals surface area contributed by atoms with Gasteiger partial charge in [0.1, 0.15) is 0 Å². The molecule has 1 aromatic rings. The average Bonchev–Trinajstić information content (AvgIpc) is 2.33. The number of rotatable bonds is 6. The predicted molar refractivity (Wildman–Crippen MR) is 80.0 cm³/mol. The number of hydrogen-bond donors (Lipinski definition) is 3. The van der Waals surface area contributed by atoms with Crippen molar-refractivity contribution in [3.63, 3.8) is 0 Å². The first kappa shape index (κ1) is 16.6. The Balaban J connectivity index is 2.95. The van der Waals surface area contributed by atoms with E-state index in [-0.39, 0.29) is 22.4 Å². The lowest BCUT2D eigenvalue weighted by Crippen LogP contribution is -2.41. The Labute approximate surface area is 122 Å². The Morgan fingerprint density at radius 1 is 1.53 bits per heavy atom. The van der Waals surface area contributed by atoms with Crippen LogP contribution in [-0.4, -0.2) is 37.7 Å². The number of anilines is 1. The monoisotopic (exact) mass is 324 g/mol. The summed E-state index contributed by atoms with van der Waals surface area (Å²) in [5.41, 5.74) is 5.80. The molecule has 8 heteroatoms. The van der Waals surface area contributed by atoms with Crippen LogP contribution < -0.4 is 10.5 Å². The van der Waals surface area contributed by atoms with Gasteiger partial charge in [-0.2, -0.15) is 11.8 Å². The molecule has 0 saturated carbocycles. The maximum absolute atomic E-state index is 12.1. The molecule has 0 aliphatic rings. The van der Waals surface area contributed by atoms with Crippen LogP contribution in [-0.2, 0) is 10.0 Å². The molecule has 1 aromatic carbocycles. The lowest BCUT2D eigenvalue weighted by atomic mass is 10.3. The first-order chi connectivity index (χ1) is 8.81. The molecule has 0 spiro atoms. The van der Waals surface area contributed by atoms with Crippen LogP contribution in [0.2, 0.25) is 5.02 Å². The van der Waals surface area contributed by atoms with Crippen molar-refractivity contribution in [1.82, 2.24) is 4.72 Å². The molecule has 0 aromatic heterocycles. The molecule has 0 fully saturated rings. The summed E-state index contributed by atoms with van der Waals surface area (Å²) in [6.07, 6.45) is 1.81. The Bertz CT molecular complexity index is 533. The molecule has 2 unspecified atom stereocenters. The summed E-state index contributed by atoms with van der Waals surface area (Å²) in [5.74, 6) is 0. The van der Waals surface area contributed by atoms with E-state index in [4.69, 9.17) is 22.4 Å². The summed E-state index contributed by atoms with van der Waals surface area (Å²) in [6.45, 7) is 1.60. The summed E-state index contributed by atoms with van der Waals surface area (Å²) in [4.78, 5) is 0.0547. The van der Waals surface area contributed by atoms with E-state index in [1.54, 1.807) is 6.92 Å². The largest absolute Gasteiger partial charge is 0.397 e. The predicted octanol–water partition coefficient (Wildman–Crippen LogP) is 1.31. The molecule has 1 rings (SSSR count). The Kier molecular flexibility index (Phi) is 5.94. The summed E-state index contributed by atoms with van der Waals surface area (Å²) in [6, 6.07) is 3.74. The van der Waals surface area contributed by atoms with E-state index in [1.807, 2.05) is 6.26 Å². The van der Waals surface area contributed by atoms with Gasteiger partial charge in [0.15, 0.2) is 0 Å². The molecule has 5 nitrogen and oxygen atoms in total. The molecule has 0 aliphatic heterocycles. The first-order valence-electron chi connectivity index (χ1n) is 5.53. The van der Waals surface area contributed by atoms with Crippen LogP contribution in [0.5, 0.6) is 0 Å². The van der Waals surface area contributed by atoms with Crippen LogP contribution in [0.4, 0.5) is 5.69 Å². The lowest BCUT2D eigenvalue weighted by molar-refractivity contribution is 0.282. The van der Waals surface area contributed by atoms with Gasteiger partial charge in [-0.3, -0.25) is 0 Å². The second-order valence-electron chi connectivity index (χ2n) is 4.05. The van der Waals surface area contributed by atoms with Gasteiger partial charge >= 0.3 is 0 Å². The number of hydrogen-bond acceptors (Lipinski definition) is 5. The molecule has 0 bridgehead atoms. The van der Waals surface area contributed by atoms with Crippen LogP contribution in [0.3, 0.4) is 0 Å². The van der Waals surface area contributed by atoms with E-state index >= 15 is 0 Å². The molecule has 0 amide bonds. The third-order valence-electron chi connectivity index (χ3n) is 2.66. The Morgan fingerprint density at radius 2 is 2.16 bits per heavy atom. The second kappa shape index (κ2) is 6.81. The van der Waals surface area contributed by atoms with E-state index in [9.17, 15) is 8.42 Å². The zero-order valence-electron chi connectivity index (χ0n) is 10.6. The first-order valence-corrected chi connectivity index (χ1v) is 8.67. The van der Waals surface area contributed by atoms with Crippen molar-refractivity contribution >= 4 is 39.1 Å². The van der Waals surface area contributed by atoms with Crippen LogP contribution >= 0.6 is 23.4 Å². The van der Waals surface area contributed by atoms with Gasteiger partial charge in [0.25, 0.3) is 0 Å². The number of aliphatic hydroxyl groups excluding tert-OH is 1. The molecule has 19 heavy (non-hydrogen) atoms. The van der Waals surface area contributed by atoms with Crippen LogP contribution in [0.25, 0.3) is 0 Å². The quantitative estimate of drug-likeness (QED) is 0.686. The normalized spacial score (nSPS) is 15.2. The van der Waals surface area contributed by atoms with Crippen LogP contribution in [0.15, 0.2) is 23.1 Å². The number of nitrogens with one attached hydrogen (secondary N) is 1. The Morgan fingerprint density at radius 3 is 2.63 bits per heavy atom. The average molecular weight is 325 g/mol. The van der Waals surface area contributed by atoms with Crippen molar-refractivity contribution in [1.29, 1.82) is 0 Å². The summed E-state index contributed by atoms with van der Waals surface area (Å²) < 4.78 is 26.8. The Hall–Kier alpha value is -0.470. The van der Waals surface area contributed by atoms with Crippen molar-refractivity contribution in [3.05, 3.63) is 23.2 Å². The van der Waals surface area contributed by atoms with Gasteiger partial charge in [0, 0.05) is 11.3 Å². The third-order valence-corrected chi connectivity index (χ3v) is 5.72. The summed E-state index contributed by atoms with van der Waals surface area (Å²) >= 11 is 7.15. The topological polar surface area (TPSA) is 92.4 Å². The second-order valence-corrected chi connectivity index (χ2v) is 7.25. The third kappa shape index (κ3) is 4.25. The molecule has 108 valence electrons. The van der Waals surface area contributed by atoms with E-state index in [0.29, 0.717) is 5.02 Å². The van der Waals surface area contributed by atoms with E-state index in [1.165, 1.54) is 30.0 Å². The molecular weight excluding hydrogens is 308 g/mol. The van der Waals surface area contributed by atoms with Crippen molar-refractivity contribution < 1.29 is 13.5 Å². The molecule has 0 heterocycles. The van der Waals surface area contributed by atoms with E-state index in [2.05, 4.69) is 4.72 Å². The SMILES string of the molecule is CSC(CO)C(C)NS(=O)(=O)c1ccc(Cl)c(N)c1. The van der Waals surface area contributed by atoms with E-state index in [0.717, 1.165) is 0 Å². The molecule has 0 aliphatic carbocycles. The number of sulfonamides is 1. The fraction of sp³-hybridized carbons (Fsp3) is 0.455.